The van der Waals surface area contributed by atoms with Crippen LogP contribution in [0.5, 0.6) is 0 Å². The van der Waals surface area contributed by atoms with Gasteiger partial charge >= 0.3 is 0 Å². The molecular weight excluding hydrogens is 246 g/mol. The van der Waals surface area contributed by atoms with Crippen molar-refractivity contribution in [3.8, 4) is 6.07 Å². The average Bonchev–Trinajstić information content (AvgIpc) is 2.42. The number of carbonyl (C=O) groups excluding carboxylic acids is 1. The van der Waals surface area contributed by atoms with Crippen LogP contribution in [-0.4, -0.2) is 5.78 Å². The molecule has 0 N–H and O–H groups in total. The zero-order valence-electron chi connectivity index (χ0n) is 12.0. The normalized spacial score (nSPS) is 11.7. The maximum absolute atomic E-state index is 12.6. The van der Waals surface area contributed by atoms with Gasteiger partial charge in [0, 0.05) is 5.56 Å². The molecule has 0 saturated carbocycles. The molecule has 2 aromatic rings. The summed E-state index contributed by atoms with van der Waals surface area (Å²) >= 11 is 0. The summed E-state index contributed by atoms with van der Waals surface area (Å²) in [4.78, 5) is 12.6. The fourth-order valence-electron chi connectivity index (χ4n) is 2.29. The van der Waals surface area contributed by atoms with Gasteiger partial charge in [0.05, 0.1) is 6.07 Å². The molecule has 1 unspecified atom stereocenters. The first-order chi connectivity index (χ1) is 9.52. The smallest absolute Gasteiger partial charge is 0.184 e. The lowest BCUT2D eigenvalue weighted by molar-refractivity contribution is 0.0978. The van der Waals surface area contributed by atoms with Crippen LogP contribution >= 0.6 is 0 Å². The SMILES string of the molecule is Cc1cccc(C(C#N)C(=O)c2cc(C)ccc2C)c1. The van der Waals surface area contributed by atoms with Crippen molar-refractivity contribution in [2.24, 2.45) is 0 Å². The van der Waals surface area contributed by atoms with Gasteiger partial charge in [-0.1, -0.05) is 47.5 Å². The molecular formula is C18H17NO. The van der Waals surface area contributed by atoms with E-state index in [0.29, 0.717) is 5.56 Å². The topological polar surface area (TPSA) is 40.9 Å². The Bertz CT molecular complexity index is 695. The van der Waals surface area contributed by atoms with Crippen molar-refractivity contribution < 1.29 is 4.79 Å². The number of carbonyl (C=O) groups is 1. The van der Waals surface area contributed by atoms with Gasteiger partial charge in [-0.05, 0) is 38.0 Å². The van der Waals surface area contributed by atoms with Crippen LogP contribution < -0.4 is 0 Å². The summed E-state index contributed by atoms with van der Waals surface area (Å²) < 4.78 is 0. The van der Waals surface area contributed by atoms with Crippen molar-refractivity contribution in [2.75, 3.05) is 0 Å². The molecule has 0 heterocycles. The molecule has 0 radical (unpaired) electrons. The van der Waals surface area contributed by atoms with E-state index in [1.165, 1.54) is 0 Å². The Morgan fingerprint density at radius 1 is 1.05 bits per heavy atom. The quantitative estimate of drug-likeness (QED) is 0.782. The van der Waals surface area contributed by atoms with Crippen LogP contribution in [0.1, 0.15) is 38.5 Å². The first-order valence-corrected chi connectivity index (χ1v) is 6.60. The number of hydrogen-bond donors (Lipinski definition) is 0. The number of rotatable bonds is 3. The van der Waals surface area contributed by atoms with E-state index in [4.69, 9.17) is 0 Å². The lowest BCUT2D eigenvalue weighted by Crippen LogP contribution is -2.13. The number of aryl methyl sites for hydroxylation is 3. The van der Waals surface area contributed by atoms with Gasteiger partial charge in [0.2, 0.25) is 0 Å². The van der Waals surface area contributed by atoms with Crippen LogP contribution in [0.3, 0.4) is 0 Å². The second-order valence-electron chi connectivity index (χ2n) is 5.16. The van der Waals surface area contributed by atoms with E-state index in [-0.39, 0.29) is 5.78 Å². The Balaban J connectivity index is 2.45. The minimum atomic E-state index is -0.740. The predicted octanol–water partition coefficient (Wildman–Crippen LogP) is 4.10. The Hall–Kier alpha value is -2.40. The van der Waals surface area contributed by atoms with E-state index in [1.54, 1.807) is 0 Å². The fraction of sp³-hybridized carbons (Fsp3) is 0.222. The van der Waals surface area contributed by atoms with Crippen LogP contribution in [0.15, 0.2) is 42.5 Å². The molecule has 2 nitrogen and oxygen atoms in total. The summed E-state index contributed by atoms with van der Waals surface area (Å²) in [5, 5.41) is 9.39. The van der Waals surface area contributed by atoms with Crippen molar-refractivity contribution in [1.29, 1.82) is 5.26 Å². The maximum Gasteiger partial charge on any atom is 0.184 e. The van der Waals surface area contributed by atoms with E-state index < -0.39 is 5.92 Å². The number of benzene rings is 2. The van der Waals surface area contributed by atoms with Crippen LogP contribution in [-0.2, 0) is 0 Å². The third-order valence-electron chi connectivity index (χ3n) is 3.43. The molecule has 0 aromatic heterocycles. The minimum absolute atomic E-state index is 0.126. The number of nitriles is 1. The van der Waals surface area contributed by atoms with Gasteiger partial charge < -0.3 is 0 Å². The zero-order chi connectivity index (χ0) is 14.7. The molecule has 2 rings (SSSR count). The number of Topliss-reactive ketones (excluding diaryl/α,β-unsaturated/α-hetero) is 1. The molecule has 100 valence electrons. The highest BCUT2D eigenvalue weighted by molar-refractivity contribution is 6.04. The Morgan fingerprint density at radius 2 is 1.75 bits per heavy atom. The van der Waals surface area contributed by atoms with Crippen molar-refractivity contribution in [3.63, 3.8) is 0 Å². The van der Waals surface area contributed by atoms with Gasteiger partial charge in [-0.25, -0.2) is 0 Å². The number of ketones is 1. The fourth-order valence-corrected chi connectivity index (χ4v) is 2.29. The Labute approximate surface area is 119 Å². The van der Waals surface area contributed by atoms with Gasteiger partial charge in [-0.2, -0.15) is 5.26 Å². The summed E-state index contributed by atoms with van der Waals surface area (Å²) in [7, 11) is 0. The van der Waals surface area contributed by atoms with E-state index in [2.05, 4.69) is 6.07 Å². The summed E-state index contributed by atoms with van der Waals surface area (Å²) in [5.41, 5.74) is 4.39. The molecule has 0 saturated heterocycles. The molecule has 0 amide bonds. The highest BCUT2D eigenvalue weighted by Gasteiger charge is 2.23. The zero-order valence-corrected chi connectivity index (χ0v) is 12.0. The maximum atomic E-state index is 12.6. The minimum Gasteiger partial charge on any atom is -0.292 e. The third kappa shape index (κ3) is 2.78. The van der Waals surface area contributed by atoms with E-state index in [9.17, 15) is 10.1 Å². The number of hydrogen-bond acceptors (Lipinski definition) is 2. The molecule has 0 bridgehead atoms. The van der Waals surface area contributed by atoms with E-state index in [1.807, 2.05) is 63.2 Å². The first-order valence-electron chi connectivity index (χ1n) is 6.60. The van der Waals surface area contributed by atoms with Crippen molar-refractivity contribution >= 4 is 5.78 Å². The van der Waals surface area contributed by atoms with Crippen LogP contribution in [0, 0.1) is 32.1 Å². The van der Waals surface area contributed by atoms with E-state index >= 15 is 0 Å². The van der Waals surface area contributed by atoms with Crippen LogP contribution in [0.2, 0.25) is 0 Å². The molecule has 20 heavy (non-hydrogen) atoms. The summed E-state index contributed by atoms with van der Waals surface area (Å²) in [5.74, 6) is -0.866. The van der Waals surface area contributed by atoms with E-state index in [0.717, 1.165) is 22.3 Å². The Morgan fingerprint density at radius 3 is 2.40 bits per heavy atom. The molecule has 1 atom stereocenters. The second kappa shape index (κ2) is 5.71. The van der Waals surface area contributed by atoms with Crippen LogP contribution in [0.4, 0.5) is 0 Å². The molecule has 2 aromatic carbocycles. The predicted molar refractivity (Wildman–Crippen MR) is 79.8 cm³/mol. The largest absolute Gasteiger partial charge is 0.292 e. The molecule has 0 aliphatic carbocycles. The third-order valence-corrected chi connectivity index (χ3v) is 3.43. The highest BCUT2D eigenvalue weighted by atomic mass is 16.1. The Kier molecular flexibility index (Phi) is 4.00. The van der Waals surface area contributed by atoms with Crippen molar-refractivity contribution in [1.82, 2.24) is 0 Å². The van der Waals surface area contributed by atoms with Crippen LogP contribution in [0.25, 0.3) is 0 Å². The van der Waals surface area contributed by atoms with Gasteiger partial charge in [0.25, 0.3) is 0 Å². The standard InChI is InChI=1S/C18H17NO/c1-12-5-4-6-15(9-12)17(11-19)18(20)16-10-13(2)7-8-14(16)3/h4-10,17H,1-3H3. The van der Waals surface area contributed by atoms with Gasteiger partial charge in [-0.15, -0.1) is 0 Å². The second-order valence-corrected chi connectivity index (χ2v) is 5.16. The molecule has 0 aliphatic heterocycles. The lowest BCUT2D eigenvalue weighted by Gasteiger charge is -2.12. The summed E-state index contributed by atoms with van der Waals surface area (Å²) in [6, 6.07) is 15.5. The number of nitrogens with zero attached hydrogens (tertiary/aromatic N) is 1. The molecule has 0 spiro atoms. The van der Waals surface area contributed by atoms with Crippen molar-refractivity contribution in [2.45, 2.75) is 26.7 Å². The van der Waals surface area contributed by atoms with Crippen molar-refractivity contribution in [3.05, 3.63) is 70.3 Å². The lowest BCUT2D eigenvalue weighted by atomic mass is 9.88. The van der Waals surface area contributed by atoms with Gasteiger partial charge in [0.15, 0.2) is 5.78 Å². The monoisotopic (exact) mass is 263 g/mol. The molecule has 0 aliphatic rings. The summed E-state index contributed by atoms with van der Waals surface area (Å²) in [6.07, 6.45) is 0. The molecule has 0 fully saturated rings. The van der Waals surface area contributed by atoms with Gasteiger partial charge in [-0.3, -0.25) is 4.79 Å². The summed E-state index contributed by atoms with van der Waals surface area (Å²) in [6.45, 7) is 5.81. The average molecular weight is 263 g/mol. The first kappa shape index (κ1) is 14.0. The molecule has 2 heteroatoms. The highest BCUT2D eigenvalue weighted by Crippen LogP contribution is 2.23. The van der Waals surface area contributed by atoms with Gasteiger partial charge in [0.1, 0.15) is 5.92 Å².